The van der Waals surface area contributed by atoms with Crippen LogP contribution in [0.25, 0.3) is 10.9 Å². The number of methoxy groups -OCH3 is 2. The summed E-state index contributed by atoms with van der Waals surface area (Å²) in [6, 6.07) is 54.6. The molecule has 0 spiro atoms. The molecule has 72 heavy (non-hydrogen) atoms. The van der Waals surface area contributed by atoms with Crippen molar-refractivity contribution in [3.8, 4) is 23.3 Å². The Morgan fingerprint density at radius 3 is 1.86 bits per heavy atom. The molecule has 0 bridgehead atoms. The van der Waals surface area contributed by atoms with Gasteiger partial charge in [0.2, 0.25) is 14.1 Å². The van der Waals surface area contributed by atoms with Crippen molar-refractivity contribution in [2.75, 3.05) is 27.4 Å². The van der Waals surface area contributed by atoms with Crippen molar-refractivity contribution in [3.05, 3.63) is 225 Å². The molecule has 8 aromatic rings. The highest BCUT2D eigenvalue weighted by Gasteiger charge is 2.51. The third-order valence-corrected chi connectivity index (χ3v) is 19.3. The molecular formula is C59H58N4O8Si. The summed E-state index contributed by atoms with van der Waals surface area (Å²) < 4.78 is 28.0. The summed E-state index contributed by atoms with van der Waals surface area (Å²) in [5.41, 5.74) is 1.82. The number of amides is 1. The van der Waals surface area contributed by atoms with Crippen molar-refractivity contribution in [3.63, 3.8) is 0 Å². The minimum atomic E-state index is -2.81. The van der Waals surface area contributed by atoms with Crippen molar-refractivity contribution in [2.45, 2.75) is 62.7 Å². The molecule has 6 aromatic carbocycles. The number of hydrogen-bond donors (Lipinski definition) is 3. The van der Waals surface area contributed by atoms with Crippen LogP contribution in [0.15, 0.2) is 186 Å². The number of nitrogens with one attached hydrogen (secondary N) is 2. The zero-order valence-electron chi connectivity index (χ0n) is 41.0. The summed E-state index contributed by atoms with van der Waals surface area (Å²) in [6.45, 7) is 6.79. The van der Waals surface area contributed by atoms with E-state index in [-0.39, 0.29) is 42.5 Å². The zero-order valence-corrected chi connectivity index (χ0v) is 42.0. The van der Waals surface area contributed by atoms with Crippen molar-refractivity contribution >= 4 is 35.4 Å². The lowest BCUT2D eigenvalue weighted by Crippen LogP contribution is -2.69. The van der Waals surface area contributed by atoms with Gasteiger partial charge >= 0.3 is 5.69 Å². The molecule has 1 aliphatic rings. The topological polar surface area (TPSA) is 146 Å². The van der Waals surface area contributed by atoms with Gasteiger partial charge in [0.1, 0.15) is 35.0 Å². The monoisotopic (exact) mass is 978 g/mol. The number of aliphatic hydroxyl groups is 1. The molecule has 1 fully saturated rings. The molecule has 1 amide bonds. The van der Waals surface area contributed by atoms with Crippen LogP contribution in [0.1, 0.15) is 61.2 Å². The maximum atomic E-state index is 13.7. The van der Waals surface area contributed by atoms with Crippen LogP contribution in [-0.4, -0.2) is 72.6 Å². The van der Waals surface area contributed by atoms with Gasteiger partial charge in [-0.2, -0.15) is 0 Å². The first-order valence-corrected chi connectivity index (χ1v) is 26.0. The van der Waals surface area contributed by atoms with Gasteiger partial charge in [-0.25, -0.2) is 4.79 Å². The summed E-state index contributed by atoms with van der Waals surface area (Å²) in [6.07, 6.45) is 0.803. The number of hydrogen-bond acceptors (Lipinski definition) is 8. The van der Waals surface area contributed by atoms with E-state index in [1.807, 2.05) is 103 Å². The van der Waals surface area contributed by atoms with Crippen LogP contribution in [0, 0.1) is 11.8 Å². The van der Waals surface area contributed by atoms with Gasteiger partial charge in [-0.3, -0.25) is 19.1 Å². The highest BCUT2D eigenvalue weighted by atomic mass is 28.3. The van der Waals surface area contributed by atoms with E-state index in [9.17, 15) is 19.5 Å². The zero-order chi connectivity index (χ0) is 50.5. The number of fused-ring (bicyclic) bond motifs is 1. The largest absolute Gasteiger partial charge is 0.497 e. The van der Waals surface area contributed by atoms with Crippen molar-refractivity contribution in [1.29, 1.82) is 0 Å². The van der Waals surface area contributed by atoms with Gasteiger partial charge in [0.15, 0.2) is 0 Å². The van der Waals surface area contributed by atoms with Crippen LogP contribution < -0.4 is 36.4 Å². The van der Waals surface area contributed by atoms with E-state index < -0.39 is 43.5 Å². The van der Waals surface area contributed by atoms with Crippen LogP contribution in [0.2, 0.25) is 5.04 Å². The number of aromatic nitrogens is 3. The second-order valence-electron chi connectivity index (χ2n) is 18.9. The summed E-state index contributed by atoms with van der Waals surface area (Å²) in [7, 11) is 0.409. The minimum Gasteiger partial charge on any atom is -0.497 e. The number of para-hydroxylation sites is 1. The first kappa shape index (κ1) is 49.3. The van der Waals surface area contributed by atoms with E-state index in [1.54, 1.807) is 14.2 Å². The number of nitrogens with zero attached hydrogens (tertiary/aromatic N) is 2. The Bertz CT molecular complexity index is 3250. The molecule has 3 heterocycles. The summed E-state index contributed by atoms with van der Waals surface area (Å²) >= 11 is 0. The van der Waals surface area contributed by atoms with Crippen LogP contribution in [0.3, 0.4) is 0 Å². The van der Waals surface area contributed by atoms with Crippen molar-refractivity contribution in [1.82, 2.24) is 19.1 Å². The summed E-state index contributed by atoms with van der Waals surface area (Å²) in [5.74, 6) is 6.86. The lowest BCUT2D eigenvalue weighted by Gasteiger charge is -2.45. The number of rotatable bonds is 15. The molecule has 1 saturated heterocycles. The number of benzene rings is 6. The SMILES string of the molecule is COc1ccc(C(OC[C@H]2O[C@@H](n3cc(C#CCNC(=O)Cc4cn([Si](c5ccccc5)(c5ccccc5)C(C)(C)C)c5ccccc45)c(=O)[nH]c3=O)CC2O)(c2ccccc2)c2ccc(OC)cc2)cc1. The molecule has 2 aromatic heterocycles. The predicted octanol–water partition coefficient (Wildman–Crippen LogP) is 7.28. The van der Waals surface area contributed by atoms with Gasteiger partial charge < -0.3 is 33.6 Å². The fourth-order valence-corrected chi connectivity index (χ4v) is 15.9. The maximum absolute atomic E-state index is 13.7. The molecule has 0 saturated carbocycles. The Kier molecular flexibility index (Phi) is 14.3. The molecule has 1 aliphatic heterocycles. The number of carbonyl (C=O) groups is 1. The normalized spacial score (nSPS) is 15.9. The van der Waals surface area contributed by atoms with Gasteiger partial charge in [-0.1, -0.05) is 166 Å². The van der Waals surface area contributed by atoms with E-state index in [1.165, 1.54) is 21.1 Å². The van der Waals surface area contributed by atoms with Gasteiger partial charge in [0.05, 0.1) is 39.9 Å². The fourth-order valence-electron chi connectivity index (χ4n) is 10.3. The molecule has 9 rings (SSSR count). The van der Waals surface area contributed by atoms with Crippen LogP contribution in [0.5, 0.6) is 11.5 Å². The van der Waals surface area contributed by atoms with Crippen molar-refractivity contribution < 1.29 is 28.8 Å². The van der Waals surface area contributed by atoms with Crippen molar-refractivity contribution in [2.24, 2.45) is 0 Å². The molecule has 13 heteroatoms. The third-order valence-electron chi connectivity index (χ3n) is 13.7. The Labute approximate surface area is 419 Å². The Morgan fingerprint density at radius 2 is 1.29 bits per heavy atom. The van der Waals surface area contributed by atoms with Gasteiger partial charge in [0, 0.05) is 29.7 Å². The number of aliphatic hydroxyl groups excluding tert-OH is 1. The highest BCUT2D eigenvalue weighted by molar-refractivity contribution is 7.03. The highest BCUT2D eigenvalue weighted by Crippen LogP contribution is 2.43. The lowest BCUT2D eigenvalue weighted by molar-refractivity contribution is -0.120. The Hall–Kier alpha value is -7.73. The second kappa shape index (κ2) is 20.9. The van der Waals surface area contributed by atoms with E-state index >= 15 is 0 Å². The summed E-state index contributed by atoms with van der Waals surface area (Å²) in [4.78, 5) is 42.5. The number of ether oxygens (including phenoxy) is 4. The first-order valence-electron chi connectivity index (χ1n) is 24.0. The molecule has 1 unspecified atom stereocenters. The average molecular weight is 979 g/mol. The van der Waals surface area contributed by atoms with E-state index in [4.69, 9.17) is 18.9 Å². The van der Waals surface area contributed by atoms with Crippen LogP contribution in [-0.2, 0) is 26.3 Å². The third kappa shape index (κ3) is 9.45. The van der Waals surface area contributed by atoms with Crippen LogP contribution in [0.4, 0.5) is 0 Å². The fraction of sp³-hybridized carbons (Fsp3) is 0.237. The standard InChI is InChI=1S/C59H58N4O8Si/c1-58(2,3)72(48-21-11-7-12-22-48,49-23-13-8-14-24-49)63-39-42(50-25-15-16-26-51(50)63)36-54(65)60-35-17-18-41-38-62(57(67)61-56(41)66)55-37-52(64)53(71-55)40-70-59(43-19-9-6-10-20-43,44-27-31-46(68-4)32-28-44)45-29-33-47(69-5)34-30-45/h6-16,19-34,38-39,52-53,55,64H,35-37,40H2,1-5H3,(H,60,65)(H,61,66,67)/t52?,53-,55-/m1/s1. The number of H-pyrrole nitrogens is 1. The lowest BCUT2D eigenvalue weighted by atomic mass is 9.80. The predicted molar refractivity (Wildman–Crippen MR) is 283 cm³/mol. The Morgan fingerprint density at radius 1 is 0.750 bits per heavy atom. The maximum Gasteiger partial charge on any atom is 0.330 e. The summed E-state index contributed by atoms with van der Waals surface area (Å²) in [5, 5.41) is 17.7. The van der Waals surface area contributed by atoms with E-state index in [0.717, 1.165) is 33.2 Å². The Balaban J connectivity index is 0.929. The van der Waals surface area contributed by atoms with Gasteiger partial charge in [0.25, 0.3) is 5.56 Å². The van der Waals surface area contributed by atoms with Gasteiger partial charge in [-0.15, -0.1) is 0 Å². The quantitative estimate of drug-likeness (QED) is 0.0553. The first-order chi connectivity index (χ1) is 34.9. The second-order valence-corrected chi connectivity index (χ2v) is 23.5. The van der Waals surface area contributed by atoms with E-state index in [2.05, 4.69) is 114 Å². The molecule has 3 N–H and O–H groups in total. The number of carbonyl (C=O) groups excluding carboxylic acids is 1. The molecule has 0 radical (unpaired) electrons. The van der Waals surface area contributed by atoms with E-state index in [0.29, 0.717) is 11.5 Å². The molecule has 366 valence electrons. The van der Waals surface area contributed by atoms with Gasteiger partial charge in [-0.05, 0) is 68.0 Å². The number of aromatic amines is 1. The smallest absolute Gasteiger partial charge is 0.330 e. The molecule has 12 nitrogen and oxygen atoms in total. The molecular weight excluding hydrogens is 921 g/mol. The van der Waals surface area contributed by atoms with Crippen LogP contribution >= 0.6 is 0 Å². The average Bonchev–Trinajstić information content (AvgIpc) is 3.96. The molecule has 3 atom stereocenters. The molecule has 0 aliphatic carbocycles. The minimum absolute atomic E-state index is 0.00267.